The lowest BCUT2D eigenvalue weighted by Gasteiger charge is -2.31. The average molecular weight is 531 g/mol. The summed E-state index contributed by atoms with van der Waals surface area (Å²) < 4.78 is 5.91. The first-order chi connectivity index (χ1) is 18.4. The number of nitrogens with zero attached hydrogens (tertiary/aromatic N) is 1. The van der Waals surface area contributed by atoms with E-state index in [1.807, 2.05) is 79.1 Å². The number of amides is 2. The minimum absolute atomic E-state index is 0.0910. The molecule has 2 saturated heterocycles. The molecular formula is C30H30N2O5S. The Hall–Kier alpha value is -3.62. The third kappa shape index (κ3) is 4.81. The molecule has 0 saturated carbocycles. The Morgan fingerprint density at radius 3 is 2.21 bits per heavy atom. The summed E-state index contributed by atoms with van der Waals surface area (Å²) in [6.07, 6.45) is 2.73. The maximum atomic E-state index is 13.7. The maximum absolute atomic E-state index is 13.7. The number of carboxylic acids is 1. The Morgan fingerprint density at radius 2 is 1.58 bits per heavy atom. The number of likely N-dealkylation sites (tertiary alicyclic amines) is 1. The van der Waals surface area contributed by atoms with Crippen LogP contribution in [0.4, 0.5) is 0 Å². The first-order valence-corrected chi connectivity index (χ1v) is 14.1. The summed E-state index contributed by atoms with van der Waals surface area (Å²) in [6, 6.07) is 25.3. The van der Waals surface area contributed by atoms with Crippen molar-refractivity contribution in [1.82, 2.24) is 10.2 Å². The van der Waals surface area contributed by atoms with E-state index in [1.54, 1.807) is 23.9 Å². The summed E-state index contributed by atoms with van der Waals surface area (Å²) in [5.74, 6) is -1.52. The fraction of sp³-hybridized carbons (Fsp3) is 0.300. The summed E-state index contributed by atoms with van der Waals surface area (Å²) in [7, 11) is 0. The molecule has 2 N–H and O–H groups in total. The first kappa shape index (κ1) is 26.0. The lowest BCUT2D eigenvalue weighted by Crippen LogP contribution is -2.57. The topological polar surface area (TPSA) is 95.9 Å². The zero-order valence-electron chi connectivity index (χ0n) is 21.1. The SMILES string of the molecule is CSCCCN1C(=O)C2C(c3ccc(Oc4ccccc4)cc3)NC(Cc3ccccc3)(C(=O)O)C2C1=O. The molecule has 2 aliphatic heterocycles. The van der Waals surface area contributed by atoms with Crippen molar-refractivity contribution in [3.63, 3.8) is 0 Å². The molecule has 0 bridgehead atoms. The largest absolute Gasteiger partial charge is 0.480 e. The number of fused-ring (bicyclic) bond motifs is 1. The number of aliphatic carboxylic acids is 1. The number of thioether (sulfide) groups is 1. The summed E-state index contributed by atoms with van der Waals surface area (Å²) in [4.78, 5) is 41.6. The fourth-order valence-corrected chi connectivity index (χ4v) is 6.07. The van der Waals surface area contributed by atoms with Crippen LogP contribution in [0.1, 0.15) is 23.6 Å². The van der Waals surface area contributed by atoms with Crippen molar-refractivity contribution in [1.29, 1.82) is 0 Å². The Kier molecular flexibility index (Phi) is 7.53. The number of benzene rings is 3. The van der Waals surface area contributed by atoms with Crippen molar-refractivity contribution in [2.75, 3.05) is 18.6 Å². The number of carbonyl (C=O) groups is 3. The Bertz CT molecular complexity index is 1300. The van der Waals surface area contributed by atoms with Gasteiger partial charge in [-0.1, -0.05) is 60.7 Å². The van der Waals surface area contributed by atoms with Crippen LogP contribution in [0.25, 0.3) is 0 Å². The predicted octanol–water partition coefficient (Wildman–Crippen LogP) is 4.54. The molecule has 2 amide bonds. The number of para-hydroxylation sites is 1. The van der Waals surface area contributed by atoms with Gasteiger partial charge >= 0.3 is 5.97 Å². The van der Waals surface area contributed by atoms with Gasteiger partial charge in [-0.3, -0.25) is 24.6 Å². The molecule has 4 unspecified atom stereocenters. The Labute approximate surface area is 226 Å². The Morgan fingerprint density at radius 1 is 0.947 bits per heavy atom. The van der Waals surface area contributed by atoms with Crippen LogP contribution in [0.5, 0.6) is 11.5 Å². The van der Waals surface area contributed by atoms with E-state index in [1.165, 1.54) is 4.90 Å². The molecule has 2 aliphatic rings. The summed E-state index contributed by atoms with van der Waals surface area (Å²) in [5.41, 5.74) is -0.0881. The van der Waals surface area contributed by atoms with Crippen LogP contribution in [0.2, 0.25) is 0 Å². The van der Waals surface area contributed by atoms with Gasteiger partial charge in [0.1, 0.15) is 17.0 Å². The van der Waals surface area contributed by atoms with Gasteiger partial charge in [-0.15, -0.1) is 0 Å². The van der Waals surface area contributed by atoms with E-state index in [9.17, 15) is 19.5 Å². The van der Waals surface area contributed by atoms with Crippen LogP contribution >= 0.6 is 11.8 Å². The van der Waals surface area contributed by atoms with Gasteiger partial charge in [0.2, 0.25) is 11.8 Å². The fourth-order valence-electron chi connectivity index (χ4n) is 5.66. The molecule has 3 aromatic carbocycles. The van der Waals surface area contributed by atoms with Crippen molar-refractivity contribution in [3.8, 4) is 11.5 Å². The number of hydrogen-bond donors (Lipinski definition) is 2. The quantitative estimate of drug-likeness (QED) is 0.293. The highest BCUT2D eigenvalue weighted by atomic mass is 32.2. The van der Waals surface area contributed by atoms with Crippen molar-refractivity contribution in [2.24, 2.45) is 11.8 Å². The number of ether oxygens (including phenoxy) is 1. The van der Waals surface area contributed by atoms with E-state index in [0.717, 1.165) is 16.9 Å². The standard InChI is InChI=1S/C30H30N2O5S/c1-38-18-8-17-32-27(33)24-25(28(32)34)30(29(35)36,19-20-9-4-2-5-10-20)31-26(24)21-13-15-23(16-14-21)37-22-11-6-3-7-12-22/h2-7,9-16,24-26,31H,8,17-19H2,1H3,(H,35,36). The van der Waals surface area contributed by atoms with Gasteiger partial charge in [0.05, 0.1) is 11.8 Å². The van der Waals surface area contributed by atoms with Crippen molar-refractivity contribution < 1.29 is 24.2 Å². The second-order valence-corrected chi connectivity index (χ2v) is 10.7. The number of nitrogens with one attached hydrogen (secondary N) is 1. The zero-order valence-corrected chi connectivity index (χ0v) is 21.9. The minimum atomic E-state index is -1.61. The lowest BCUT2D eigenvalue weighted by atomic mass is 9.76. The monoisotopic (exact) mass is 530 g/mol. The van der Waals surface area contributed by atoms with Crippen molar-refractivity contribution in [3.05, 3.63) is 96.1 Å². The van der Waals surface area contributed by atoms with E-state index in [2.05, 4.69) is 5.32 Å². The predicted molar refractivity (Wildman–Crippen MR) is 146 cm³/mol. The van der Waals surface area contributed by atoms with Crippen LogP contribution < -0.4 is 10.1 Å². The molecule has 8 heteroatoms. The second-order valence-electron chi connectivity index (χ2n) is 9.72. The first-order valence-electron chi connectivity index (χ1n) is 12.7. The highest BCUT2D eigenvalue weighted by Crippen LogP contribution is 2.50. The molecule has 0 spiro atoms. The van der Waals surface area contributed by atoms with Crippen LogP contribution in [-0.4, -0.2) is 51.9 Å². The van der Waals surface area contributed by atoms with Gasteiger partial charge in [-0.2, -0.15) is 11.8 Å². The molecule has 196 valence electrons. The summed E-state index contributed by atoms with van der Waals surface area (Å²) >= 11 is 1.65. The summed E-state index contributed by atoms with van der Waals surface area (Å²) in [6.45, 7) is 0.295. The molecule has 7 nitrogen and oxygen atoms in total. The molecule has 0 aliphatic carbocycles. The van der Waals surface area contributed by atoms with Crippen LogP contribution in [0.15, 0.2) is 84.9 Å². The molecule has 2 fully saturated rings. The normalized spacial score (nSPS) is 24.4. The summed E-state index contributed by atoms with van der Waals surface area (Å²) in [5, 5.41) is 13.9. The molecular weight excluding hydrogens is 500 g/mol. The minimum Gasteiger partial charge on any atom is -0.480 e. The molecule has 3 aromatic rings. The lowest BCUT2D eigenvalue weighted by molar-refractivity contribution is -0.151. The molecule has 38 heavy (non-hydrogen) atoms. The molecule has 0 radical (unpaired) electrons. The van der Waals surface area contributed by atoms with E-state index in [0.29, 0.717) is 24.5 Å². The molecule has 4 atom stereocenters. The third-order valence-corrected chi connectivity index (χ3v) is 8.10. The van der Waals surface area contributed by atoms with E-state index < -0.39 is 35.3 Å². The number of hydrogen-bond acceptors (Lipinski definition) is 6. The van der Waals surface area contributed by atoms with Crippen LogP contribution in [0, 0.1) is 11.8 Å². The molecule has 0 aromatic heterocycles. The smallest absolute Gasteiger partial charge is 0.325 e. The van der Waals surface area contributed by atoms with E-state index in [-0.39, 0.29) is 12.3 Å². The Balaban J connectivity index is 1.50. The van der Waals surface area contributed by atoms with E-state index >= 15 is 0 Å². The van der Waals surface area contributed by atoms with Gasteiger partial charge in [0.25, 0.3) is 0 Å². The number of rotatable bonds is 10. The van der Waals surface area contributed by atoms with Gasteiger partial charge in [-0.25, -0.2) is 0 Å². The van der Waals surface area contributed by atoms with Crippen LogP contribution in [0.3, 0.4) is 0 Å². The number of carbonyl (C=O) groups excluding carboxylic acids is 2. The number of imide groups is 1. The van der Waals surface area contributed by atoms with Crippen molar-refractivity contribution in [2.45, 2.75) is 24.4 Å². The van der Waals surface area contributed by atoms with Gasteiger partial charge in [-0.05, 0) is 53.8 Å². The zero-order chi connectivity index (χ0) is 26.7. The highest BCUT2D eigenvalue weighted by Gasteiger charge is 2.68. The maximum Gasteiger partial charge on any atom is 0.325 e. The van der Waals surface area contributed by atoms with Crippen molar-refractivity contribution >= 4 is 29.5 Å². The van der Waals surface area contributed by atoms with E-state index in [4.69, 9.17) is 4.74 Å². The average Bonchev–Trinajstić information content (AvgIpc) is 3.40. The second kappa shape index (κ2) is 11.0. The van der Waals surface area contributed by atoms with Gasteiger partial charge < -0.3 is 9.84 Å². The van der Waals surface area contributed by atoms with Gasteiger partial charge in [0, 0.05) is 19.0 Å². The van der Waals surface area contributed by atoms with Crippen LogP contribution in [-0.2, 0) is 20.8 Å². The number of carboxylic acid groups (broad SMARTS) is 1. The molecule has 5 rings (SSSR count). The molecule has 2 heterocycles. The third-order valence-electron chi connectivity index (χ3n) is 7.40. The van der Waals surface area contributed by atoms with Gasteiger partial charge in [0.15, 0.2) is 0 Å². The highest BCUT2D eigenvalue weighted by molar-refractivity contribution is 7.98.